The molecule has 0 atom stereocenters. The van der Waals surface area contributed by atoms with E-state index in [1.54, 1.807) is 12.1 Å². The molecule has 3 aromatic heterocycles. The standard InChI is InChI=1S/C45H28N4O/c1-4-13-29(14-5-1)32-23-25-35-34-19-10-11-21-38(34)49(40(35)27-32)39-22-12-20-37-36-26-24-33(28-41(36)50-42(37)39)45-47-43(30-15-6-2-7-16-30)46-44(48-45)31-17-8-3-9-18-31/h1-28H/i2D,3D,6D,7D,8D,9D,15D,16D,17D,18D. The van der Waals surface area contributed by atoms with E-state index in [-0.39, 0.29) is 28.6 Å². The molecule has 0 bridgehead atoms. The van der Waals surface area contributed by atoms with Gasteiger partial charge >= 0.3 is 0 Å². The second kappa shape index (κ2) is 11.4. The van der Waals surface area contributed by atoms with Crippen molar-refractivity contribution in [1.82, 2.24) is 19.5 Å². The van der Waals surface area contributed by atoms with Gasteiger partial charge in [0.05, 0.1) is 30.4 Å². The first-order valence-electron chi connectivity index (χ1n) is 20.9. The minimum atomic E-state index is -0.614. The fraction of sp³-hybridized carbons (Fsp3) is 0. The van der Waals surface area contributed by atoms with E-state index in [0.717, 1.165) is 49.4 Å². The molecule has 0 N–H and O–H groups in total. The molecule has 10 rings (SSSR count). The van der Waals surface area contributed by atoms with Crippen LogP contribution in [0.1, 0.15) is 13.7 Å². The molecular weight excluding hydrogens is 613 g/mol. The van der Waals surface area contributed by atoms with E-state index in [0.29, 0.717) is 16.7 Å². The van der Waals surface area contributed by atoms with Crippen molar-refractivity contribution in [2.75, 3.05) is 0 Å². The molecule has 10 aromatic rings. The molecule has 0 unspecified atom stereocenters. The van der Waals surface area contributed by atoms with Crippen LogP contribution in [-0.4, -0.2) is 19.5 Å². The highest BCUT2D eigenvalue weighted by atomic mass is 16.3. The van der Waals surface area contributed by atoms with E-state index in [9.17, 15) is 0 Å². The average Bonchev–Trinajstić information content (AvgIpc) is 3.82. The lowest BCUT2D eigenvalue weighted by molar-refractivity contribution is 0.666. The topological polar surface area (TPSA) is 56.7 Å². The number of hydrogen-bond donors (Lipinski definition) is 0. The van der Waals surface area contributed by atoms with Crippen molar-refractivity contribution in [2.24, 2.45) is 0 Å². The van der Waals surface area contributed by atoms with Crippen molar-refractivity contribution in [2.45, 2.75) is 0 Å². The van der Waals surface area contributed by atoms with Crippen molar-refractivity contribution in [3.63, 3.8) is 0 Å². The fourth-order valence-corrected chi connectivity index (χ4v) is 6.59. The Labute approximate surface area is 301 Å². The molecular formula is C45H28N4O. The van der Waals surface area contributed by atoms with Crippen LogP contribution in [0.3, 0.4) is 0 Å². The molecule has 0 aliphatic carbocycles. The van der Waals surface area contributed by atoms with E-state index >= 15 is 0 Å². The molecule has 0 saturated heterocycles. The maximum atomic E-state index is 8.66. The van der Waals surface area contributed by atoms with Gasteiger partial charge in [0.15, 0.2) is 23.1 Å². The maximum absolute atomic E-state index is 8.66. The summed E-state index contributed by atoms with van der Waals surface area (Å²) in [5, 5.41) is 3.80. The third-order valence-electron chi connectivity index (χ3n) is 8.84. The first-order valence-corrected chi connectivity index (χ1v) is 15.9. The minimum Gasteiger partial charge on any atom is -0.454 e. The SMILES string of the molecule is [2H]c1c([2H])c([2H])c(-c2nc(-c3ccc4c(c3)oc3c(-n5c6ccccc6c6ccc(-c7ccccc7)cc65)cccc34)nc(-c3c([2H])c([2H])c([2H])c([2H])c3[2H])n2)c([2H])c1[2H]. The molecule has 5 nitrogen and oxygen atoms in total. The van der Waals surface area contributed by atoms with Gasteiger partial charge in [-0.1, -0.05) is 139 Å². The molecule has 0 fully saturated rings. The predicted molar refractivity (Wildman–Crippen MR) is 203 cm³/mol. The Bertz CT molecular complexity index is 3310. The summed E-state index contributed by atoms with van der Waals surface area (Å²) in [6.45, 7) is 0. The third-order valence-corrected chi connectivity index (χ3v) is 8.84. The van der Waals surface area contributed by atoms with E-state index in [2.05, 4.69) is 62.0 Å². The summed E-state index contributed by atoms with van der Waals surface area (Å²) in [6, 6.07) is 30.1. The summed E-state index contributed by atoms with van der Waals surface area (Å²) in [7, 11) is 0. The summed E-state index contributed by atoms with van der Waals surface area (Å²) in [6.07, 6.45) is 0. The van der Waals surface area contributed by atoms with Gasteiger partial charge in [0.25, 0.3) is 0 Å². The normalized spacial score (nSPS) is 14.4. The Balaban J connectivity index is 1.20. The molecule has 5 heteroatoms. The van der Waals surface area contributed by atoms with Crippen molar-refractivity contribution >= 4 is 43.7 Å². The molecule has 3 heterocycles. The lowest BCUT2D eigenvalue weighted by Crippen LogP contribution is -2.00. The average molecular weight is 651 g/mol. The second-order valence-electron chi connectivity index (χ2n) is 11.7. The number of fused-ring (bicyclic) bond motifs is 6. The lowest BCUT2D eigenvalue weighted by Gasteiger charge is -2.09. The number of aromatic nitrogens is 4. The van der Waals surface area contributed by atoms with Crippen LogP contribution in [0.15, 0.2) is 174 Å². The van der Waals surface area contributed by atoms with Gasteiger partial charge in [-0.15, -0.1) is 0 Å². The van der Waals surface area contributed by atoms with Crippen LogP contribution >= 0.6 is 0 Å². The number of para-hydroxylation sites is 2. The molecule has 0 spiro atoms. The van der Waals surface area contributed by atoms with Crippen molar-refractivity contribution < 1.29 is 18.1 Å². The van der Waals surface area contributed by atoms with Crippen molar-refractivity contribution in [3.8, 4) is 51.0 Å². The Morgan fingerprint density at radius 3 is 1.78 bits per heavy atom. The minimum absolute atomic E-state index is 0.0490. The molecule has 50 heavy (non-hydrogen) atoms. The molecule has 0 aliphatic heterocycles. The Kier molecular flexibility index (Phi) is 4.52. The Morgan fingerprint density at radius 1 is 0.440 bits per heavy atom. The van der Waals surface area contributed by atoms with Crippen molar-refractivity contribution in [3.05, 3.63) is 170 Å². The molecule has 0 radical (unpaired) electrons. The molecule has 0 aliphatic rings. The summed E-state index contributed by atoms with van der Waals surface area (Å²) >= 11 is 0. The second-order valence-corrected chi connectivity index (χ2v) is 11.7. The maximum Gasteiger partial charge on any atom is 0.164 e. The predicted octanol–water partition coefficient (Wildman–Crippen LogP) is 11.5. The molecule has 0 amide bonds. The van der Waals surface area contributed by atoms with Gasteiger partial charge in [0, 0.05) is 38.2 Å². The number of hydrogen-bond acceptors (Lipinski definition) is 4. The van der Waals surface area contributed by atoms with Gasteiger partial charge in [0.2, 0.25) is 0 Å². The van der Waals surface area contributed by atoms with Crippen LogP contribution in [0.4, 0.5) is 0 Å². The summed E-state index contributed by atoms with van der Waals surface area (Å²) in [4.78, 5) is 13.6. The number of benzene rings is 7. The van der Waals surface area contributed by atoms with Crippen LogP contribution < -0.4 is 0 Å². The Hall–Kier alpha value is -6.85. The monoisotopic (exact) mass is 650 g/mol. The number of furan rings is 1. The smallest absolute Gasteiger partial charge is 0.164 e. The van der Waals surface area contributed by atoms with Gasteiger partial charge in [-0.3, -0.25) is 0 Å². The highest BCUT2D eigenvalue weighted by Gasteiger charge is 2.19. The fourth-order valence-electron chi connectivity index (χ4n) is 6.59. The molecule has 7 aromatic carbocycles. The van der Waals surface area contributed by atoms with Gasteiger partial charge in [-0.2, -0.15) is 0 Å². The zero-order valence-corrected chi connectivity index (χ0v) is 26.1. The van der Waals surface area contributed by atoms with Crippen LogP contribution in [0, 0.1) is 0 Å². The van der Waals surface area contributed by atoms with Gasteiger partial charge in [-0.25, -0.2) is 15.0 Å². The van der Waals surface area contributed by atoms with Crippen LogP contribution in [0.2, 0.25) is 0 Å². The zero-order chi connectivity index (χ0) is 41.7. The first kappa shape index (κ1) is 19.8. The summed E-state index contributed by atoms with van der Waals surface area (Å²) < 4.78 is 93.0. The van der Waals surface area contributed by atoms with Gasteiger partial charge in [0.1, 0.15) is 5.58 Å². The van der Waals surface area contributed by atoms with E-state index in [1.807, 2.05) is 54.6 Å². The van der Waals surface area contributed by atoms with Gasteiger partial charge in [-0.05, 0) is 41.5 Å². The first-order chi connectivity index (χ1) is 28.9. The zero-order valence-electron chi connectivity index (χ0n) is 36.1. The molecule has 0 saturated carbocycles. The highest BCUT2D eigenvalue weighted by Crippen LogP contribution is 2.40. The quantitative estimate of drug-likeness (QED) is 0.186. The van der Waals surface area contributed by atoms with Crippen molar-refractivity contribution in [1.29, 1.82) is 0 Å². The largest absolute Gasteiger partial charge is 0.454 e. The summed E-state index contributed by atoms with van der Waals surface area (Å²) in [5.41, 5.74) is 5.75. The highest BCUT2D eigenvalue weighted by molar-refractivity contribution is 6.13. The third kappa shape index (κ3) is 4.60. The van der Waals surface area contributed by atoms with Crippen LogP contribution in [0.25, 0.3) is 94.7 Å². The van der Waals surface area contributed by atoms with Crippen LogP contribution in [0.5, 0.6) is 0 Å². The Morgan fingerprint density at radius 2 is 1.04 bits per heavy atom. The van der Waals surface area contributed by atoms with E-state index < -0.39 is 60.4 Å². The van der Waals surface area contributed by atoms with Crippen LogP contribution in [-0.2, 0) is 0 Å². The van der Waals surface area contributed by atoms with E-state index in [1.165, 1.54) is 0 Å². The number of nitrogens with zero attached hydrogens (tertiary/aromatic N) is 4. The van der Waals surface area contributed by atoms with E-state index in [4.69, 9.17) is 18.1 Å². The number of rotatable bonds is 5. The molecule has 234 valence electrons. The van der Waals surface area contributed by atoms with Gasteiger partial charge < -0.3 is 8.98 Å². The summed E-state index contributed by atoms with van der Waals surface area (Å²) in [5.74, 6) is -0.730. The lowest BCUT2D eigenvalue weighted by atomic mass is 10.0.